The lowest BCUT2D eigenvalue weighted by molar-refractivity contribution is -0.131. The van der Waals surface area contributed by atoms with Crippen LogP contribution in [-0.4, -0.2) is 48.7 Å². The van der Waals surface area contributed by atoms with Gasteiger partial charge in [0.15, 0.2) is 0 Å². The zero-order valence-electron chi connectivity index (χ0n) is 18.7. The SMILES string of the molecule is CC[C@H](C)[C@H](NC(=O)[C@H]1CCCN(S(=O)(=O)c2ccc(F)cc2)C1)C(=O)Nc1ccccn1. The van der Waals surface area contributed by atoms with E-state index in [2.05, 4.69) is 15.6 Å². The van der Waals surface area contributed by atoms with Gasteiger partial charge in [0.05, 0.1) is 10.8 Å². The number of aromatic nitrogens is 1. The number of nitrogens with zero attached hydrogens (tertiary/aromatic N) is 2. The third-order valence-corrected chi connectivity index (χ3v) is 7.80. The molecule has 2 amide bonds. The number of benzene rings is 1. The molecule has 3 atom stereocenters. The Hall–Kier alpha value is -2.85. The summed E-state index contributed by atoms with van der Waals surface area (Å²) < 4.78 is 40.4. The number of hydrogen-bond acceptors (Lipinski definition) is 5. The van der Waals surface area contributed by atoms with Gasteiger partial charge < -0.3 is 10.6 Å². The summed E-state index contributed by atoms with van der Waals surface area (Å²) in [5.41, 5.74) is 0. The fourth-order valence-corrected chi connectivity index (χ4v) is 5.27. The van der Waals surface area contributed by atoms with Crippen LogP contribution in [-0.2, 0) is 19.6 Å². The zero-order chi connectivity index (χ0) is 24.0. The van der Waals surface area contributed by atoms with Gasteiger partial charge in [-0.3, -0.25) is 9.59 Å². The first-order valence-electron chi connectivity index (χ1n) is 11.0. The highest BCUT2D eigenvalue weighted by atomic mass is 32.2. The minimum absolute atomic E-state index is 0.000624. The van der Waals surface area contributed by atoms with E-state index in [4.69, 9.17) is 0 Å². The molecule has 0 saturated carbocycles. The number of hydrogen-bond donors (Lipinski definition) is 2. The van der Waals surface area contributed by atoms with Gasteiger partial charge in [-0.15, -0.1) is 0 Å². The number of anilines is 1. The van der Waals surface area contributed by atoms with Crippen molar-refractivity contribution in [2.75, 3.05) is 18.4 Å². The molecule has 1 aliphatic rings. The number of halogens is 1. The Balaban J connectivity index is 1.70. The molecule has 8 nitrogen and oxygen atoms in total. The van der Waals surface area contributed by atoms with Crippen molar-refractivity contribution in [1.29, 1.82) is 0 Å². The molecule has 0 bridgehead atoms. The third kappa shape index (κ3) is 6.14. The summed E-state index contributed by atoms with van der Waals surface area (Å²) in [7, 11) is -3.85. The van der Waals surface area contributed by atoms with Crippen molar-refractivity contribution in [2.24, 2.45) is 11.8 Å². The van der Waals surface area contributed by atoms with Crippen molar-refractivity contribution in [3.63, 3.8) is 0 Å². The number of sulfonamides is 1. The minimum atomic E-state index is -3.85. The van der Waals surface area contributed by atoms with Crippen molar-refractivity contribution in [2.45, 2.75) is 44.0 Å². The predicted molar refractivity (Wildman–Crippen MR) is 122 cm³/mol. The molecule has 3 rings (SSSR count). The fourth-order valence-electron chi connectivity index (χ4n) is 3.74. The van der Waals surface area contributed by atoms with Crippen LogP contribution in [0.3, 0.4) is 0 Å². The second-order valence-electron chi connectivity index (χ2n) is 8.23. The van der Waals surface area contributed by atoms with Crippen molar-refractivity contribution < 1.29 is 22.4 Å². The van der Waals surface area contributed by atoms with Gasteiger partial charge in [-0.25, -0.2) is 17.8 Å². The quantitative estimate of drug-likeness (QED) is 0.609. The molecule has 0 spiro atoms. The second kappa shape index (κ2) is 10.8. The molecule has 0 unspecified atom stereocenters. The highest BCUT2D eigenvalue weighted by Crippen LogP contribution is 2.24. The molecule has 2 N–H and O–H groups in total. The van der Waals surface area contributed by atoms with Crippen LogP contribution in [0.5, 0.6) is 0 Å². The molecule has 1 saturated heterocycles. The number of pyridine rings is 1. The number of piperidine rings is 1. The summed E-state index contributed by atoms with van der Waals surface area (Å²) in [6, 6.07) is 8.98. The van der Waals surface area contributed by atoms with E-state index >= 15 is 0 Å². The average molecular weight is 477 g/mol. The van der Waals surface area contributed by atoms with Gasteiger partial charge >= 0.3 is 0 Å². The summed E-state index contributed by atoms with van der Waals surface area (Å²) in [5, 5.41) is 5.55. The number of carbonyl (C=O) groups is 2. The van der Waals surface area contributed by atoms with Crippen LogP contribution in [0.25, 0.3) is 0 Å². The lowest BCUT2D eigenvalue weighted by Gasteiger charge is -2.32. The normalized spacial score (nSPS) is 18.8. The maximum absolute atomic E-state index is 13.2. The highest BCUT2D eigenvalue weighted by molar-refractivity contribution is 7.89. The first-order chi connectivity index (χ1) is 15.7. The molecule has 2 aromatic rings. The van der Waals surface area contributed by atoms with E-state index in [0.717, 1.165) is 12.1 Å². The Morgan fingerprint density at radius 1 is 1.21 bits per heavy atom. The van der Waals surface area contributed by atoms with E-state index in [-0.39, 0.29) is 35.7 Å². The fraction of sp³-hybridized carbons (Fsp3) is 0.435. The molecular formula is C23H29FN4O4S. The van der Waals surface area contributed by atoms with E-state index in [1.807, 2.05) is 13.8 Å². The topological polar surface area (TPSA) is 108 Å². The van der Waals surface area contributed by atoms with Crippen molar-refractivity contribution in [3.05, 3.63) is 54.5 Å². The first-order valence-corrected chi connectivity index (χ1v) is 12.4. The molecule has 1 aliphatic heterocycles. The second-order valence-corrected chi connectivity index (χ2v) is 10.2. The van der Waals surface area contributed by atoms with Crippen LogP contribution in [0.15, 0.2) is 53.6 Å². The van der Waals surface area contributed by atoms with E-state index in [1.165, 1.54) is 16.4 Å². The predicted octanol–water partition coefficient (Wildman–Crippen LogP) is 2.79. The Kier molecular flexibility index (Phi) is 8.15. The van der Waals surface area contributed by atoms with Gasteiger partial charge in [-0.1, -0.05) is 26.3 Å². The number of amides is 2. The first kappa shape index (κ1) is 24.8. The van der Waals surface area contributed by atoms with Crippen molar-refractivity contribution >= 4 is 27.7 Å². The summed E-state index contributed by atoms with van der Waals surface area (Å²) in [6.07, 6.45) is 3.24. The maximum atomic E-state index is 13.2. The summed E-state index contributed by atoms with van der Waals surface area (Å²) >= 11 is 0. The van der Waals surface area contributed by atoms with Crippen LogP contribution in [0.1, 0.15) is 33.1 Å². The van der Waals surface area contributed by atoms with E-state index in [9.17, 15) is 22.4 Å². The van der Waals surface area contributed by atoms with Crippen LogP contribution in [0.4, 0.5) is 10.2 Å². The summed E-state index contributed by atoms with van der Waals surface area (Å²) in [5.74, 6) is -1.61. The summed E-state index contributed by atoms with van der Waals surface area (Å²) in [6.45, 7) is 4.07. The van der Waals surface area contributed by atoms with Crippen LogP contribution < -0.4 is 10.6 Å². The lowest BCUT2D eigenvalue weighted by atomic mass is 9.95. The molecule has 178 valence electrons. The number of carbonyl (C=O) groups excluding carboxylic acids is 2. The third-order valence-electron chi connectivity index (χ3n) is 5.92. The molecular weight excluding hydrogens is 447 g/mol. The van der Waals surface area contributed by atoms with E-state index in [0.29, 0.717) is 25.1 Å². The van der Waals surface area contributed by atoms with E-state index in [1.54, 1.807) is 24.4 Å². The molecule has 2 heterocycles. The summed E-state index contributed by atoms with van der Waals surface area (Å²) in [4.78, 5) is 30.0. The molecule has 1 aromatic carbocycles. The van der Waals surface area contributed by atoms with Gasteiger partial charge in [0.1, 0.15) is 17.7 Å². The number of rotatable bonds is 8. The standard InChI is InChI=1S/C23H29FN4O4S/c1-3-16(2)21(23(30)26-20-8-4-5-13-25-20)27-22(29)17-7-6-14-28(15-17)33(31,32)19-11-9-18(24)10-12-19/h4-5,8-13,16-17,21H,3,6-7,14-15H2,1-2H3,(H,27,29)(H,25,26,30)/t16-,17-,21-/m0/s1. The highest BCUT2D eigenvalue weighted by Gasteiger charge is 2.35. The van der Waals surface area contributed by atoms with Crippen LogP contribution in [0, 0.1) is 17.7 Å². The van der Waals surface area contributed by atoms with Gasteiger partial charge in [0, 0.05) is 19.3 Å². The monoisotopic (exact) mass is 476 g/mol. The van der Waals surface area contributed by atoms with Crippen molar-refractivity contribution in [3.8, 4) is 0 Å². The molecule has 33 heavy (non-hydrogen) atoms. The Bertz CT molecular complexity index is 1060. The van der Waals surface area contributed by atoms with E-state index < -0.39 is 27.8 Å². The van der Waals surface area contributed by atoms with Crippen molar-refractivity contribution in [1.82, 2.24) is 14.6 Å². The van der Waals surface area contributed by atoms with Gasteiger partial charge in [0.2, 0.25) is 21.8 Å². The molecule has 0 radical (unpaired) electrons. The maximum Gasteiger partial charge on any atom is 0.248 e. The number of nitrogens with one attached hydrogen (secondary N) is 2. The Morgan fingerprint density at radius 2 is 1.94 bits per heavy atom. The van der Waals surface area contributed by atoms with Crippen LogP contribution in [0.2, 0.25) is 0 Å². The van der Waals surface area contributed by atoms with Gasteiger partial charge in [-0.05, 0) is 55.2 Å². The van der Waals surface area contributed by atoms with Gasteiger partial charge in [-0.2, -0.15) is 4.31 Å². The van der Waals surface area contributed by atoms with Gasteiger partial charge in [0.25, 0.3) is 0 Å². The lowest BCUT2D eigenvalue weighted by Crippen LogP contribution is -2.52. The molecule has 1 aromatic heterocycles. The smallest absolute Gasteiger partial charge is 0.248 e. The zero-order valence-corrected chi connectivity index (χ0v) is 19.5. The Morgan fingerprint density at radius 3 is 2.58 bits per heavy atom. The molecule has 1 fully saturated rings. The molecule has 0 aliphatic carbocycles. The van der Waals surface area contributed by atoms with Crippen LogP contribution >= 0.6 is 0 Å². The minimum Gasteiger partial charge on any atom is -0.344 e. The Labute approximate surface area is 193 Å². The largest absolute Gasteiger partial charge is 0.344 e. The average Bonchev–Trinajstić information content (AvgIpc) is 2.82. The molecule has 10 heteroatoms.